The number of halogens is 2. The molecule has 1 amide bonds. The average Bonchev–Trinajstić information content (AvgIpc) is 3.42. The molecule has 0 unspecified atom stereocenters. The summed E-state index contributed by atoms with van der Waals surface area (Å²) in [6.45, 7) is 2.52. The van der Waals surface area contributed by atoms with Crippen LogP contribution in [0.15, 0.2) is 18.2 Å². The van der Waals surface area contributed by atoms with Gasteiger partial charge in [0.25, 0.3) is 5.91 Å². The summed E-state index contributed by atoms with van der Waals surface area (Å²) >= 11 is 0. The Labute approximate surface area is 158 Å². The maximum atomic E-state index is 13.9. The third kappa shape index (κ3) is 2.80. The van der Waals surface area contributed by atoms with Crippen LogP contribution in [-0.4, -0.2) is 48.2 Å². The van der Waals surface area contributed by atoms with Gasteiger partial charge in [-0.3, -0.25) is 9.69 Å². The fourth-order valence-electron chi connectivity index (χ4n) is 6.03. The fraction of sp³-hybridized carbons (Fsp3) is 0.667. The number of fused-ring (bicyclic) bond motifs is 1. The van der Waals surface area contributed by atoms with Gasteiger partial charge in [0.05, 0.1) is 17.3 Å². The van der Waals surface area contributed by atoms with Gasteiger partial charge in [0.1, 0.15) is 0 Å². The molecular weight excluding hydrogens is 350 g/mol. The Morgan fingerprint density at radius 1 is 1.26 bits per heavy atom. The Balaban J connectivity index is 1.27. The average molecular weight is 376 g/mol. The summed E-state index contributed by atoms with van der Waals surface area (Å²) < 4.78 is 33.7. The summed E-state index contributed by atoms with van der Waals surface area (Å²) in [5, 5.41) is 2.84. The van der Waals surface area contributed by atoms with Crippen LogP contribution in [0.4, 0.5) is 8.78 Å². The molecule has 27 heavy (non-hydrogen) atoms. The molecule has 4 aliphatic rings. The summed E-state index contributed by atoms with van der Waals surface area (Å²) in [4.78, 5) is 15.0. The van der Waals surface area contributed by atoms with Gasteiger partial charge in [-0.15, -0.1) is 0 Å². The zero-order valence-electron chi connectivity index (χ0n) is 15.4. The third-order valence-corrected chi connectivity index (χ3v) is 7.35. The van der Waals surface area contributed by atoms with Crippen molar-refractivity contribution in [3.8, 4) is 0 Å². The van der Waals surface area contributed by atoms with Crippen LogP contribution >= 0.6 is 0 Å². The highest BCUT2D eigenvalue weighted by atomic mass is 19.2. The van der Waals surface area contributed by atoms with E-state index in [-0.39, 0.29) is 23.2 Å². The number of ether oxygens (including phenoxy) is 1. The van der Waals surface area contributed by atoms with Crippen LogP contribution in [0, 0.1) is 23.5 Å². The number of amides is 1. The number of likely N-dealkylation sites (tertiary alicyclic amines) is 1. The van der Waals surface area contributed by atoms with E-state index in [2.05, 4.69) is 10.2 Å². The van der Waals surface area contributed by atoms with Crippen LogP contribution in [0.5, 0.6) is 0 Å². The van der Waals surface area contributed by atoms with Gasteiger partial charge in [0.15, 0.2) is 11.6 Å². The minimum atomic E-state index is -1.08. The lowest BCUT2D eigenvalue weighted by Crippen LogP contribution is -2.42. The molecule has 1 aromatic rings. The Morgan fingerprint density at radius 3 is 2.89 bits per heavy atom. The minimum Gasteiger partial charge on any atom is -0.370 e. The molecule has 1 spiro atoms. The van der Waals surface area contributed by atoms with E-state index < -0.39 is 17.5 Å². The molecule has 1 aromatic carbocycles. The largest absolute Gasteiger partial charge is 0.370 e. The van der Waals surface area contributed by atoms with Gasteiger partial charge >= 0.3 is 0 Å². The van der Waals surface area contributed by atoms with E-state index in [1.54, 1.807) is 0 Å². The topological polar surface area (TPSA) is 41.6 Å². The molecule has 4 fully saturated rings. The van der Waals surface area contributed by atoms with Gasteiger partial charge in [-0.2, -0.15) is 0 Å². The van der Waals surface area contributed by atoms with Crippen molar-refractivity contribution in [1.82, 2.24) is 10.2 Å². The van der Waals surface area contributed by atoms with Crippen LogP contribution in [-0.2, 0) is 4.74 Å². The molecule has 2 bridgehead atoms. The highest BCUT2D eigenvalue weighted by Gasteiger charge is 2.63. The number of carbonyl (C=O) groups excluding carboxylic acids is 1. The van der Waals surface area contributed by atoms with Crippen molar-refractivity contribution in [2.24, 2.45) is 11.8 Å². The van der Waals surface area contributed by atoms with Crippen molar-refractivity contribution in [2.45, 2.75) is 56.3 Å². The Morgan fingerprint density at radius 2 is 2.07 bits per heavy atom. The van der Waals surface area contributed by atoms with Gasteiger partial charge in [-0.05, 0) is 37.8 Å². The summed E-state index contributed by atoms with van der Waals surface area (Å²) in [5.41, 5.74) is -0.278. The lowest BCUT2D eigenvalue weighted by Gasteiger charge is -2.29. The standard InChI is InChI=1S/C21H26F2N2O2/c22-17-7-3-6-14(19(17)23)20(26)24-10-15-16-11-25(13-4-1-2-5-13)12-21(16)9-8-18(15)27-21/h3,6-7,13,15-16,18H,1-2,4-5,8-12H2,(H,24,26)/t15-,16+,18+,21+/m0/s1. The summed E-state index contributed by atoms with van der Waals surface area (Å²) in [7, 11) is 0. The lowest BCUT2D eigenvalue weighted by atomic mass is 9.73. The predicted molar refractivity (Wildman–Crippen MR) is 96.3 cm³/mol. The van der Waals surface area contributed by atoms with E-state index in [1.165, 1.54) is 37.8 Å². The maximum Gasteiger partial charge on any atom is 0.254 e. The highest BCUT2D eigenvalue weighted by molar-refractivity contribution is 5.94. The Kier molecular flexibility index (Phi) is 4.24. The summed E-state index contributed by atoms with van der Waals surface area (Å²) in [5.74, 6) is -1.94. The lowest BCUT2D eigenvalue weighted by molar-refractivity contribution is -0.000875. The fourth-order valence-corrected chi connectivity index (χ4v) is 6.03. The van der Waals surface area contributed by atoms with Gasteiger partial charge in [0.2, 0.25) is 0 Å². The summed E-state index contributed by atoms with van der Waals surface area (Å²) in [6.07, 6.45) is 7.53. The van der Waals surface area contributed by atoms with E-state index in [1.807, 2.05) is 0 Å². The zero-order chi connectivity index (χ0) is 18.6. The molecule has 146 valence electrons. The number of benzene rings is 1. The third-order valence-electron chi connectivity index (χ3n) is 7.35. The molecule has 3 saturated heterocycles. The molecule has 1 N–H and O–H groups in total. The van der Waals surface area contributed by atoms with Crippen LogP contribution < -0.4 is 5.32 Å². The zero-order valence-corrected chi connectivity index (χ0v) is 15.4. The van der Waals surface area contributed by atoms with Gasteiger partial charge in [-0.25, -0.2) is 8.78 Å². The van der Waals surface area contributed by atoms with Gasteiger partial charge in [0, 0.05) is 37.5 Å². The van der Waals surface area contributed by atoms with Crippen molar-refractivity contribution in [1.29, 1.82) is 0 Å². The first kappa shape index (κ1) is 17.6. The predicted octanol–water partition coefficient (Wildman–Crippen LogP) is 3.12. The SMILES string of the molecule is O=C(NC[C@H]1[C@H]2CN(C3CCCC3)C[C@]23CC[C@H]1O3)c1cccc(F)c1F. The Hall–Kier alpha value is -1.53. The normalized spacial score (nSPS) is 35.7. The first-order valence-electron chi connectivity index (χ1n) is 10.2. The number of rotatable bonds is 4. The van der Waals surface area contributed by atoms with Crippen molar-refractivity contribution in [2.75, 3.05) is 19.6 Å². The van der Waals surface area contributed by atoms with Crippen molar-refractivity contribution in [3.05, 3.63) is 35.4 Å². The van der Waals surface area contributed by atoms with E-state index in [0.717, 1.165) is 32.0 Å². The van der Waals surface area contributed by atoms with Crippen molar-refractivity contribution < 1.29 is 18.3 Å². The first-order valence-corrected chi connectivity index (χ1v) is 10.2. The molecule has 5 rings (SSSR count). The quantitative estimate of drug-likeness (QED) is 0.878. The number of hydrogen-bond acceptors (Lipinski definition) is 3. The van der Waals surface area contributed by atoms with Crippen LogP contribution in [0.2, 0.25) is 0 Å². The second-order valence-electron chi connectivity index (χ2n) is 8.71. The van der Waals surface area contributed by atoms with E-state index in [0.29, 0.717) is 18.5 Å². The van der Waals surface area contributed by atoms with E-state index in [9.17, 15) is 13.6 Å². The smallest absolute Gasteiger partial charge is 0.254 e. The molecule has 3 aliphatic heterocycles. The first-order chi connectivity index (χ1) is 13.1. The van der Waals surface area contributed by atoms with Crippen LogP contribution in [0.3, 0.4) is 0 Å². The maximum absolute atomic E-state index is 13.9. The highest BCUT2D eigenvalue weighted by Crippen LogP contribution is 2.55. The molecule has 3 heterocycles. The molecular formula is C21H26F2N2O2. The van der Waals surface area contributed by atoms with Crippen LogP contribution in [0.25, 0.3) is 0 Å². The molecule has 1 saturated carbocycles. The Bertz CT molecular complexity index is 752. The van der Waals surface area contributed by atoms with Gasteiger partial charge in [-0.1, -0.05) is 18.9 Å². The van der Waals surface area contributed by atoms with Gasteiger partial charge < -0.3 is 10.1 Å². The monoisotopic (exact) mass is 376 g/mol. The second-order valence-corrected chi connectivity index (χ2v) is 8.71. The van der Waals surface area contributed by atoms with Crippen molar-refractivity contribution in [3.63, 3.8) is 0 Å². The molecule has 6 heteroatoms. The minimum absolute atomic E-state index is 0.0489. The van der Waals surface area contributed by atoms with E-state index >= 15 is 0 Å². The second kappa shape index (κ2) is 6.52. The van der Waals surface area contributed by atoms with E-state index in [4.69, 9.17) is 4.74 Å². The molecule has 1 aliphatic carbocycles. The summed E-state index contributed by atoms with van der Waals surface area (Å²) in [6, 6.07) is 4.39. The van der Waals surface area contributed by atoms with Crippen LogP contribution in [0.1, 0.15) is 48.9 Å². The molecule has 0 radical (unpaired) electrons. The molecule has 4 nitrogen and oxygen atoms in total. The molecule has 4 atom stereocenters. The molecule has 0 aromatic heterocycles. The number of nitrogens with one attached hydrogen (secondary N) is 1. The number of nitrogens with zero attached hydrogens (tertiary/aromatic N) is 1. The van der Waals surface area contributed by atoms with Crippen molar-refractivity contribution >= 4 is 5.91 Å². The number of hydrogen-bond donors (Lipinski definition) is 1. The number of carbonyl (C=O) groups is 1.